The number of hydrogen-bond acceptors (Lipinski definition) is 6. The van der Waals surface area contributed by atoms with Gasteiger partial charge in [0, 0.05) is 36.6 Å². The Morgan fingerprint density at radius 1 is 1.16 bits per heavy atom. The molecule has 8 heteroatoms. The number of piperidine rings is 1. The molecule has 1 aliphatic rings. The van der Waals surface area contributed by atoms with E-state index in [2.05, 4.69) is 20.2 Å². The van der Waals surface area contributed by atoms with Crippen LogP contribution in [0.3, 0.4) is 0 Å². The van der Waals surface area contributed by atoms with Crippen LogP contribution in [0.2, 0.25) is 5.02 Å². The fourth-order valence-corrected chi connectivity index (χ4v) is 3.73. The predicted octanol–water partition coefficient (Wildman–Crippen LogP) is 4.02. The second kappa shape index (κ2) is 9.32. The molecule has 1 aromatic carbocycles. The molecule has 0 unspecified atom stereocenters. The van der Waals surface area contributed by atoms with E-state index >= 15 is 0 Å². The molecule has 7 nitrogen and oxygen atoms in total. The maximum atomic E-state index is 12.6. The van der Waals surface area contributed by atoms with Crippen molar-refractivity contribution < 1.29 is 14.6 Å². The number of amides is 1. The molecule has 1 amide bonds. The molecular formula is C23H23ClN4O3. The highest BCUT2D eigenvalue weighted by atomic mass is 35.5. The van der Waals surface area contributed by atoms with E-state index in [0.717, 1.165) is 42.9 Å². The van der Waals surface area contributed by atoms with Crippen LogP contribution >= 0.6 is 11.6 Å². The third kappa shape index (κ3) is 4.95. The lowest BCUT2D eigenvalue weighted by Gasteiger charge is -2.30. The SMILES string of the molecule is COc1ccc(C(=O)Nc2cc(-c3cc(N4CCC(O)CC4)ncc3Cl)ccn2)cc1. The zero-order valence-electron chi connectivity index (χ0n) is 17.1. The number of nitrogens with zero attached hydrogens (tertiary/aromatic N) is 3. The highest BCUT2D eigenvalue weighted by molar-refractivity contribution is 6.33. The van der Waals surface area contributed by atoms with Crippen molar-refractivity contribution in [1.29, 1.82) is 0 Å². The Kier molecular flexibility index (Phi) is 6.34. The molecule has 2 aromatic heterocycles. The zero-order valence-corrected chi connectivity index (χ0v) is 17.8. The Morgan fingerprint density at radius 2 is 1.90 bits per heavy atom. The molecule has 31 heavy (non-hydrogen) atoms. The van der Waals surface area contributed by atoms with Gasteiger partial charge in [0.05, 0.1) is 18.2 Å². The highest BCUT2D eigenvalue weighted by Crippen LogP contribution is 2.32. The van der Waals surface area contributed by atoms with E-state index < -0.39 is 0 Å². The quantitative estimate of drug-likeness (QED) is 0.625. The van der Waals surface area contributed by atoms with Crippen molar-refractivity contribution >= 4 is 29.1 Å². The number of aromatic nitrogens is 2. The molecule has 0 aliphatic carbocycles. The lowest BCUT2D eigenvalue weighted by molar-refractivity contribution is 0.102. The van der Waals surface area contributed by atoms with Gasteiger partial charge in [0.15, 0.2) is 0 Å². The van der Waals surface area contributed by atoms with Crippen LogP contribution in [-0.4, -0.2) is 47.3 Å². The van der Waals surface area contributed by atoms with Crippen molar-refractivity contribution in [3.8, 4) is 16.9 Å². The van der Waals surface area contributed by atoms with Crippen molar-refractivity contribution in [3.63, 3.8) is 0 Å². The van der Waals surface area contributed by atoms with Crippen molar-refractivity contribution in [2.24, 2.45) is 0 Å². The van der Waals surface area contributed by atoms with Gasteiger partial charge in [0.1, 0.15) is 17.4 Å². The number of hydrogen-bond donors (Lipinski definition) is 2. The van der Waals surface area contributed by atoms with Crippen LogP contribution < -0.4 is 15.0 Å². The summed E-state index contributed by atoms with van der Waals surface area (Å²) in [6.07, 6.45) is 4.45. The van der Waals surface area contributed by atoms with Gasteiger partial charge in [-0.3, -0.25) is 4.79 Å². The Balaban J connectivity index is 1.54. The summed E-state index contributed by atoms with van der Waals surface area (Å²) in [5.41, 5.74) is 2.13. The van der Waals surface area contributed by atoms with Crippen LogP contribution in [0.1, 0.15) is 23.2 Å². The Morgan fingerprint density at radius 3 is 2.61 bits per heavy atom. The van der Waals surface area contributed by atoms with Gasteiger partial charge in [-0.2, -0.15) is 0 Å². The van der Waals surface area contributed by atoms with Gasteiger partial charge < -0.3 is 20.1 Å². The normalized spacial score (nSPS) is 14.4. The van der Waals surface area contributed by atoms with Crippen LogP contribution in [0, 0.1) is 0 Å². The molecule has 3 heterocycles. The van der Waals surface area contributed by atoms with Crippen LogP contribution in [0.5, 0.6) is 5.75 Å². The summed E-state index contributed by atoms with van der Waals surface area (Å²) in [7, 11) is 1.58. The molecule has 0 radical (unpaired) electrons. The first-order chi connectivity index (χ1) is 15.0. The molecule has 1 saturated heterocycles. The minimum atomic E-state index is -0.263. The summed E-state index contributed by atoms with van der Waals surface area (Å²) < 4.78 is 5.12. The summed E-state index contributed by atoms with van der Waals surface area (Å²) >= 11 is 6.43. The van der Waals surface area contributed by atoms with E-state index in [1.54, 1.807) is 49.8 Å². The third-order valence-electron chi connectivity index (χ3n) is 5.29. The van der Waals surface area contributed by atoms with Crippen LogP contribution in [0.4, 0.5) is 11.6 Å². The second-order valence-corrected chi connectivity index (χ2v) is 7.76. The maximum Gasteiger partial charge on any atom is 0.256 e. The number of methoxy groups -OCH3 is 1. The van der Waals surface area contributed by atoms with E-state index in [9.17, 15) is 9.90 Å². The number of ether oxygens (including phenoxy) is 1. The molecule has 160 valence electrons. The topological polar surface area (TPSA) is 87.6 Å². The first-order valence-corrected chi connectivity index (χ1v) is 10.4. The largest absolute Gasteiger partial charge is 0.497 e. The summed E-state index contributed by atoms with van der Waals surface area (Å²) in [4.78, 5) is 23.4. The zero-order chi connectivity index (χ0) is 21.8. The number of halogens is 1. The van der Waals surface area contributed by atoms with Gasteiger partial charge in [0.25, 0.3) is 5.91 Å². The van der Waals surface area contributed by atoms with E-state index in [0.29, 0.717) is 22.2 Å². The van der Waals surface area contributed by atoms with E-state index in [1.807, 2.05) is 12.1 Å². The Hall–Kier alpha value is -3.16. The molecule has 3 aromatic rings. The minimum absolute atomic E-state index is 0.250. The average molecular weight is 439 g/mol. The van der Waals surface area contributed by atoms with Crippen LogP contribution in [0.25, 0.3) is 11.1 Å². The number of anilines is 2. The average Bonchev–Trinajstić information content (AvgIpc) is 2.80. The molecule has 0 atom stereocenters. The second-order valence-electron chi connectivity index (χ2n) is 7.35. The number of carbonyl (C=O) groups excluding carboxylic acids is 1. The number of carbonyl (C=O) groups is 1. The fourth-order valence-electron chi connectivity index (χ4n) is 3.51. The lowest BCUT2D eigenvalue weighted by atomic mass is 10.1. The molecule has 4 rings (SSSR count). The fraction of sp³-hybridized carbons (Fsp3) is 0.261. The number of pyridine rings is 2. The van der Waals surface area contributed by atoms with Crippen LogP contribution in [0.15, 0.2) is 54.9 Å². The van der Waals surface area contributed by atoms with Crippen molar-refractivity contribution in [1.82, 2.24) is 9.97 Å². The molecular weight excluding hydrogens is 416 g/mol. The van der Waals surface area contributed by atoms with Crippen molar-refractivity contribution in [3.05, 3.63) is 65.4 Å². The standard InChI is InChI=1S/C23H23ClN4O3/c1-31-18-4-2-15(3-5-18)23(30)27-21-12-16(6-9-25-21)19-13-22(26-14-20(19)24)28-10-7-17(29)8-11-28/h2-6,9,12-14,17,29H,7-8,10-11H2,1H3,(H,25,27,30). The van der Waals surface area contributed by atoms with E-state index in [-0.39, 0.29) is 12.0 Å². The number of benzene rings is 1. The van der Waals surface area contributed by atoms with Crippen molar-refractivity contribution in [2.45, 2.75) is 18.9 Å². The molecule has 1 aliphatic heterocycles. The maximum absolute atomic E-state index is 12.6. The summed E-state index contributed by atoms with van der Waals surface area (Å²) in [5, 5.41) is 13.1. The molecule has 1 fully saturated rings. The monoisotopic (exact) mass is 438 g/mol. The van der Waals surface area contributed by atoms with Gasteiger partial charge in [-0.05, 0) is 60.9 Å². The van der Waals surface area contributed by atoms with Crippen LogP contribution in [-0.2, 0) is 0 Å². The number of aliphatic hydroxyl groups is 1. The molecule has 0 bridgehead atoms. The summed E-state index contributed by atoms with van der Waals surface area (Å²) in [6.45, 7) is 1.49. The highest BCUT2D eigenvalue weighted by Gasteiger charge is 2.19. The van der Waals surface area contributed by atoms with Gasteiger partial charge >= 0.3 is 0 Å². The van der Waals surface area contributed by atoms with E-state index in [1.165, 1.54) is 0 Å². The number of aliphatic hydroxyl groups excluding tert-OH is 1. The Labute approximate surface area is 185 Å². The summed E-state index contributed by atoms with van der Waals surface area (Å²) in [6, 6.07) is 12.4. The molecule has 2 N–H and O–H groups in total. The van der Waals surface area contributed by atoms with Gasteiger partial charge in [-0.1, -0.05) is 11.6 Å². The third-order valence-corrected chi connectivity index (χ3v) is 5.60. The predicted molar refractivity (Wildman–Crippen MR) is 121 cm³/mol. The first kappa shape index (κ1) is 21.1. The van der Waals surface area contributed by atoms with Gasteiger partial charge in [0.2, 0.25) is 0 Å². The van der Waals surface area contributed by atoms with Gasteiger partial charge in [-0.15, -0.1) is 0 Å². The number of rotatable bonds is 5. The van der Waals surface area contributed by atoms with Gasteiger partial charge in [-0.25, -0.2) is 9.97 Å². The van der Waals surface area contributed by atoms with E-state index in [4.69, 9.17) is 16.3 Å². The lowest BCUT2D eigenvalue weighted by Crippen LogP contribution is -2.36. The first-order valence-electron chi connectivity index (χ1n) is 10.0. The minimum Gasteiger partial charge on any atom is -0.497 e. The molecule has 0 saturated carbocycles. The number of nitrogens with one attached hydrogen (secondary N) is 1. The molecule has 0 spiro atoms. The van der Waals surface area contributed by atoms with Crippen molar-refractivity contribution in [2.75, 3.05) is 30.4 Å². The smallest absolute Gasteiger partial charge is 0.256 e. The summed E-state index contributed by atoms with van der Waals surface area (Å²) in [5.74, 6) is 1.66. The Bertz CT molecular complexity index is 1070.